The summed E-state index contributed by atoms with van der Waals surface area (Å²) in [6, 6.07) is 4.23. The summed E-state index contributed by atoms with van der Waals surface area (Å²) in [5.41, 5.74) is 6.38. The smallest absolute Gasteiger partial charge is 0.414 e. The number of carbonyl (C=O) groups is 1. The SMILES string of the molecule is CC(C)(C)OC(=O)N1CCCC=C1c1cc(F)c(C#N)cc1N. The Kier molecular flexibility index (Phi) is 4.60. The largest absolute Gasteiger partial charge is 0.443 e. The summed E-state index contributed by atoms with van der Waals surface area (Å²) in [5.74, 6) is -0.660. The Hall–Kier alpha value is -2.55. The van der Waals surface area contributed by atoms with Crippen molar-refractivity contribution in [3.63, 3.8) is 0 Å². The molecule has 1 aliphatic heterocycles. The van der Waals surface area contributed by atoms with Crippen molar-refractivity contribution in [3.8, 4) is 6.07 Å². The summed E-state index contributed by atoms with van der Waals surface area (Å²) in [4.78, 5) is 13.9. The van der Waals surface area contributed by atoms with Crippen molar-refractivity contribution in [1.29, 1.82) is 5.26 Å². The van der Waals surface area contributed by atoms with Crippen LogP contribution in [0.1, 0.15) is 44.7 Å². The van der Waals surface area contributed by atoms with Crippen LogP contribution in [-0.4, -0.2) is 23.1 Å². The number of nitrogens with zero attached hydrogens (tertiary/aromatic N) is 2. The van der Waals surface area contributed by atoms with Gasteiger partial charge in [0.1, 0.15) is 17.5 Å². The number of hydrogen-bond acceptors (Lipinski definition) is 4. The van der Waals surface area contributed by atoms with Gasteiger partial charge in [-0.1, -0.05) is 6.08 Å². The molecular formula is C17H20FN3O2. The molecule has 1 aliphatic rings. The van der Waals surface area contributed by atoms with E-state index in [1.807, 2.05) is 6.08 Å². The normalized spacial score (nSPS) is 14.9. The molecule has 1 aromatic rings. The second-order valence-corrected chi connectivity index (χ2v) is 6.39. The van der Waals surface area contributed by atoms with E-state index in [-0.39, 0.29) is 11.3 Å². The van der Waals surface area contributed by atoms with Crippen LogP contribution in [0.4, 0.5) is 14.9 Å². The van der Waals surface area contributed by atoms with Crippen molar-refractivity contribution in [2.45, 2.75) is 39.2 Å². The summed E-state index contributed by atoms with van der Waals surface area (Å²) >= 11 is 0. The van der Waals surface area contributed by atoms with Crippen LogP contribution >= 0.6 is 0 Å². The van der Waals surface area contributed by atoms with Crippen LogP contribution in [-0.2, 0) is 4.74 Å². The molecule has 0 aliphatic carbocycles. The maximum atomic E-state index is 13.9. The first-order valence-corrected chi connectivity index (χ1v) is 7.43. The maximum absolute atomic E-state index is 13.9. The van der Waals surface area contributed by atoms with Crippen LogP contribution in [0, 0.1) is 17.1 Å². The number of amides is 1. The molecule has 0 saturated carbocycles. The highest BCUT2D eigenvalue weighted by Gasteiger charge is 2.28. The zero-order valence-corrected chi connectivity index (χ0v) is 13.5. The lowest BCUT2D eigenvalue weighted by molar-refractivity contribution is 0.0347. The Labute approximate surface area is 135 Å². The van der Waals surface area contributed by atoms with Gasteiger partial charge >= 0.3 is 6.09 Å². The van der Waals surface area contributed by atoms with Gasteiger partial charge in [0, 0.05) is 17.8 Å². The predicted octanol–water partition coefficient (Wildman–Crippen LogP) is 3.65. The third-order valence-electron chi connectivity index (χ3n) is 3.36. The molecule has 0 radical (unpaired) electrons. The van der Waals surface area contributed by atoms with Crippen LogP contribution in [0.3, 0.4) is 0 Å². The van der Waals surface area contributed by atoms with Gasteiger partial charge in [-0.2, -0.15) is 5.26 Å². The third-order valence-corrected chi connectivity index (χ3v) is 3.36. The fraction of sp³-hybridized carbons (Fsp3) is 0.412. The number of carbonyl (C=O) groups excluding carboxylic acids is 1. The number of nitrogen functional groups attached to an aromatic ring is 1. The number of halogens is 1. The topological polar surface area (TPSA) is 79.3 Å². The van der Waals surface area contributed by atoms with Gasteiger partial charge in [-0.3, -0.25) is 4.90 Å². The Balaban J connectivity index is 2.40. The van der Waals surface area contributed by atoms with Crippen molar-refractivity contribution in [1.82, 2.24) is 4.90 Å². The van der Waals surface area contributed by atoms with Gasteiger partial charge in [0.05, 0.1) is 11.3 Å². The summed E-state index contributed by atoms with van der Waals surface area (Å²) in [6.45, 7) is 5.83. The molecule has 0 spiro atoms. The summed E-state index contributed by atoms with van der Waals surface area (Å²) < 4.78 is 19.3. The van der Waals surface area contributed by atoms with Gasteiger partial charge in [0.25, 0.3) is 0 Å². The second-order valence-electron chi connectivity index (χ2n) is 6.39. The molecule has 0 fully saturated rings. The molecule has 2 N–H and O–H groups in total. The third kappa shape index (κ3) is 3.81. The van der Waals surface area contributed by atoms with Crippen molar-refractivity contribution in [2.24, 2.45) is 0 Å². The van der Waals surface area contributed by atoms with Crippen LogP contribution < -0.4 is 5.73 Å². The quantitative estimate of drug-likeness (QED) is 0.802. The lowest BCUT2D eigenvalue weighted by Gasteiger charge is -2.31. The van der Waals surface area contributed by atoms with Gasteiger partial charge in [0.15, 0.2) is 0 Å². The molecule has 1 aromatic carbocycles. The Bertz CT molecular complexity index is 699. The lowest BCUT2D eigenvalue weighted by atomic mass is 10.0. The molecule has 0 saturated heterocycles. The molecule has 5 nitrogen and oxygen atoms in total. The van der Waals surface area contributed by atoms with Gasteiger partial charge < -0.3 is 10.5 Å². The molecule has 0 bridgehead atoms. The highest BCUT2D eigenvalue weighted by atomic mass is 19.1. The van der Waals surface area contributed by atoms with Crippen LogP contribution in [0.5, 0.6) is 0 Å². The molecule has 6 heteroatoms. The number of ether oxygens (including phenoxy) is 1. The number of allylic oxidation sites excluding steroid dienone is 1. The Morgan fingerprint density at radius 1 is 1.43 bits per heavy atom. The molecule has 23 heavy (non-hydrogen) atoms. The fourth-order valence-corrected chi connectivity index (χ4v) is 2.38. The summed E-state index contributed by atoms with van der Waals surface area (Å²) in [5, 5.41) is 8.87. The van der Waals surface area contributed by atoms with E-state index in [9.17, 15) is 9.18 Å². The second kappa shape index (κ2) is 6.29. The van der Waals surface area contributed by atoms with E-state index >= 15 is 0 Å². The van der Waals surface area contributed by atoms with E-state index in [0.717, 1.165) is 12.8 Å². The number of hydrogen-bond donors (Lipinski definition) is 1. The zero-order chi connectivity index (χ0) is 17.2. The molecule has 1 amide bonds. The average Bonchev–Trinajstić information content (AvgIpc) is 2.47. The first-order chi connectivity index (χ1) is 10.7. The fourth-order valence-electron chi connectivity index (χ4n) is 2.38. The van der Waals surface area contributed by atoms with E-state index in [1.165, 1.54) is 17.0 Å². The first kappa shape index (κ1) is 16.8. The Morgan fingerprint density at radius 2 is 2.13 bits per heavy atom. The van der Waals surface area contributed by atoms with Crippen LogP contribution in [0.2, 0.25) is 0 Å². The van der Waals surface area contributed by atoms with Gasteiger partial charge in [-0.05, 0) is 45.7 Å². The molecule has 0 aromatic heterocycles. The van der Waals surface area contributed by atoms with Crippen molar-refractivity contribution in [2.75, 3.05) is 12.3 Å². The zero-order valence-electron chi connectivity index (χ0n) is 13.5. The first-order valence-electron chi connectivity index (χ1n) is 7.43. The predicted molar refractivity (Wildman–Crippen MR) is 85.7 cm³/mol. The van der Waals surface area contributed by atoms with E-state index in [4.69, 9.17) is 15.7 Å². The highest BCUT2D eigenvalue weighted by Crippen LogP contribution is 2.31. The molecule has 0 atom stereocenters. The van der Waals surface area contributed by atoms with Crippen molar-refractivity contribution < 1.29 is 13.9 Å². The summed E-state index contributed by atoms with van der Waals surface area (Å²) in [7, 11) is 0. The van der Waals surface area contributed by atoms with Crippen molar-refractivity contribution in [3.05, 3.63) is 35.2 Å². The maximum Gasteiger partial charge on any atom is 0.414 e. The highest BCUT2D eigenvalue weighted by molar-refractivity contribution is 5.86. The van der Waals surface area contributed by atoms with Crippen LogP contribution in [0.15, 0.2) is 18.2 Å². The van der Waals surface area contributed by atoms with E-state index in [2.05, 4.69) is 0 Å². The standard InChI is InChI=1S/C17H20FN3O2/c1-17(2,3)23-16(22)21-7-5-4-6-15(21)12-9-13(18)11(10-19)8-14(12)20/h6,8-9H,4-5,7,20H2,1-3H3. The molecular weight excluding hydrogens is 297 g/mol. The molecule has 0 unspecified atom stereocenters. The number of benzene rings is 1. The molecule has 122 valence electrons. The number of nitriles is 1. The monoisotopic (exact) mass is 317 g/mol. The van der Waals surface area contributed by atoms with E-state index in [0.29, 0.717) is 17.8 Å². The van der Waals surface area contributed by atoms with Crippen molar-refractivity contribution >= 4 is 17.5 Å². The lowest BCUT2D eigenvalue weighted by Crippen LogP contribution is -2.37. The van der Waals surface area contributed by atoms with E-state index in [1.54, 1.807) is 26.8 Å². The summed E-state index contributed by atoms with van der Waals surface area (Å²) in [6.07, 6.45) is 2.90. The van der Waals surface area contributed by atoms with Gasteiger partial charge in [-0.25, -0.2) is 9.18 Å². The minimum absolute atomic E-state index is 0.119. The number of nitrogens with two attached hydrogens (primary N) is 1. The van der Waals surface area contributed by atoms with E-state index < -0.39 is 17.5 Å². The number of rotatable bonds is 1. The number of anilines is 1. The molecule has 2 rings (SSSR count). The van der Waals surface area contributed by atoms with Gasteiger partial charge in [-0.15, -0.1) is 0 Å². The minimum atomic E-state index is -0.660. The molecule has 1 heterocycles. The van der Waals surface area contributed by atoms with Crippen LogP contribution in [0.25, 0.3) is 5.70 Å². The Morgan fingerprint density at radius 3 is 2.74 bits per heavy atom. The van der Waals surface area contributed by atoms with Gasteiger partial charge in [0.2, 0.25) is 0 Å². The minimum Gasteiger partial charge on any atom is -0.443 e. The average molecular weight is 317 g/mol.